The number of amides is 2. The van der Waals surface area contributed by atoms with Gasteiger partial charge in [0.15, 0.2) is 0 Å². The number of hydrogen-bond donors (Lipinski definition) is 1. The second-order valence-electron chi connectivity index (χ2n) is 6.47. The maximum Gasteiger partial charge on any atom is 0.256 e. The summed E-state index contributed by atoms with van der Waals surface area (Å²) < 4.78 is 13.9. The molecule has 2 amide bonds. The van der Waals surface area contributed by atoms with Crippen molar-refractivity contribution >= 4 is 29.1 Å². The molecule has 1 fully saturated rings. The summed E-state index contributed by atoms with van der Waals surface area (Å²) in [7, 11) is 0. The fourth-order valence-electron chi connectivity index (χ4n) is 3.16. The normalized spacial score (nSPS) is 17.0. The standard InChI is InChI=1S/C20H20ClFN2O2/c1-13-16(21)8-4-10-18(13)23-19(25)14-6-5-11-24(12-14)20(26)15-7-2-3-9-17(15)22/h2-4,7-10,14H,5-6,11-12H2,1H3,(H,23,25)/t14-/m1/s1. The summed E-state index contributed by atoms with van der Waals surface area (Å²) >= 11 is 6.09. The monoisotopic (exact) mass is 374 g/mol. The number of hydrogen-bond acceptors (Lipinski definition) is 2. The minimum Gasteiger partial charge on any atom is -0.338 e. The van der Waals surface area contributed by atoms with Gasteiger partial charge in [-0.1, -0.05) is 29.8 Å². The lowest BCUT2D eigenvalue weighted by atomic mass is 9.96. The van der Waals surface area contributed by atoms with Crippen molar-refractivity contribution in [1.29, 1.82) is 0 Å². The molecule has 1 saturated heterocycles. The predicted molar refractivity (Wildman–Crippen MR) is 99.8 cm³/mol. The first-order valence-corrected chi connectivity index (χ1v) is 8.95. The van der Waals surface area contributed by atoms with Gasteiger partial charge in [-0.2, -0.15) is 0 Å². The number of anilines is 1. The molecule has 4 nitrogen and oxygen atoms in total. The highest BCUT2D eigenvalue weighted by Crippen LogP contribution is 2.25. The van der Waals surface area contributed by atoms with Crippen molar-refractivity contribution in [2.24, 2.45) is 5.92 Å². The molecule has 1 atom stereocenters. The molecule has 1 aliphatic rings. The quantitative estimate of drug-likeness (QED) is 0.871. The number of halogens is 2. The third-order valence-corrected chi connectivity index (χ3v) is 5.12. The summed E-state index contributed by atoms with van der Waals surface area (Å²) in [5.41, 5.74) is 1.51. The van der Waals surface area contributed by atoms with Crippen molar-refractivity contribution in [3.8, 4) is 0 Å². The van der Waals surface area contributed by atoms with E-state index in [4.69, 9.17) is 11.6 Å². The van der Waals surface area contributed by atoms with Crippen molar-refractivity contribution in [3.63, 3.8) is 0 Å². The van der Waals surface area contributed by atoms with Gasteiger partial charge in [-0.3, -0.25) is 9.59 Å². The highest BCUT2D eigenvalue weighted by atomic mass is 35.5. The van der Waals surface area contributed by atoms with E-state index in [9.17, 15) is 14.0 Å². The molecule has 3 rings (SSSR count). The molecule has 26 heavy (non-hydrogen) atoms. The van der Waals surface area contributed by atoms with Gasteiger partial charge in [0, 0.05) is 23.8 Å². The van der Waals surface area contributed by atoms with Crippen LogP contribution in [0.4, 0.5) is 10.1 Å². The maximum atomic E-state index is 13.9. The molecule has 1 aliphatic heterocycles. The first-order valence-electron chi connectivity index (χ1n) is 8.57. The Morgan fingerprint density at radius 3 is 2.73 bits per heavy atom. The van der Waals surface area contributed by atoms with E-state index in [1.165, 1.54) is 12.1 Å². The molecule has 2 aromatic rings. The van der Waals surface area contributed by atoms with E-state index in [1.54, 1.807) is 35.2 Å². The molecule has 1 heterocycles. The third kappa shape index (κ3) is 3.88. The van der Waals surface area contributed by atoms with Crippen LogP contribution in [-0.2, 0) is 4.79 Å². The van der Waals surface area contributed by atoms with E-state index >= 15 is 0 Å². The summed E-state index contributed by atoms with van der Waals surface area (Å²) in [6.45, 7) is 2.64. The summed E-state index contributed by atoms with van der Waals surface area (Å²) in [6, 6.07) is 11.3. The summed E-state index contributed by atoms with van der Waals surface area (Å²) in [5.74, 6) is -1.41. The molecule has 0 radical (unpaired) electrons. The molecule has 136 valence electrons. The van der Waals surface area contributed by atoms with Gasteiger partial charge in [-0.05, 0) is 49.6 Å². The number of rotatable bonds is 3. The zero-order chi connectivity index (χ0) is 18.7. The third-order valence-electron chi connectivity index (χ3n) is 4.71. The number of benzene rings is 2. The molecule has 0 bridgehead atoms. The highest BCUT2D eigenvalue weighted by molar-refractivity contribution is 6.31. The van der Waals surface area contributed by atoms with Crippen molar-refractivity contribution in [1.82, 2.24) is 4.90 Å². The fraction of sp³-hybridized carbons (Fsp3) is 0.300. The lowest BCUT2D eigenvalue weighted by Crippen LogP contribution is -2.44. The van der Waals surface area contributed by atoms with Crippen LogP contribution in [0.25, 0.3) is 0 Å². The Kier molecular flexibility index (Phi) is 5.57. The van der Waals surface area contributed by atoms with Crippen LogP contribution in [0.3, 0.4) is 0 Å². The predicted octanol–water partition coefficient (Wildman–Crippen LogP) is 4.28. The van der Waals surface area contributed by atoms with Crippen LogP contribution in [-0.4, -0.2) is 29.8 Å². The fourth-order valence-corrected chi connectivity index (χ4v) is 3.33. The van der Waals surface area contributed by atoms with Gasteiger partial charge in [0.1, 0.15) is 5.82 Å². The molecule has 0 spiro atoms. The van der Waals surface area contributed by atoms with Gasteiger partial charge in [-0.15, -0.1) is 0 Å². The van der Waals surface area contributed by atoms with E-state index in [-0.39, 0.29) is 29.8 Å². The molecule has 0 unspecified atom stereocenters. The van der Waals surface area contributed by atoms with Crippen LogP contribution < -0.4 is 5.32 Å². The number of carbonyl (C=O) groups is 2. The van der Waals surface area contributed by atoms with Crippen LogP contribution in [0.2, 0.25) is 5.02 Å². The minimum atomic E-state index is -0.543. The lowest BCUT2D eigenvalue weighted by Gasteiger charge is -2.32. The topological polar surface area (TPSA) is 49.4 Å². The van der Waals surface area contributed by atoms with E-state index in [1.807, 2.05) is 6.92 Å². The second kappa shape index (κ2) is 7.87. The Bertz CT molecular complexity index is 840. The van der Waals surface area contributed by atoms with E-state index in [0.29, 0.717) is 30.1 Å². The number of likely N-dealkylation sites (tertiary alicyclic amines) is 1. The van der Waals surface area contributed by atoms with Gasteiger partial charge in [0.2, 0.25) is 5.91 Å². The highest BCUT2D eigenvalue weighted by Gasteiger charge is 2.30. The second-order valence-corrected chi connectivity index (χ2v) is 6.88. The first kappa shape index (κ1) is 18.4. The first-order chi connectivity index (χ1) is 12.5. The number of piperidine rings is 1. The van der Waals surface area contributed by atoms with Gasteiger partial charge >= 0.3 is 0 Å². The average molecular weight is 375 g/mol. The molecule has 1 N–H and O–H groups in total. The van der Waals surface area contributed by atoms with Crippen LogP contribution in [0.15, 0.2) is 42.5 Å². The van der Waals surface area contributed by atoms with Gasteiger partial charge in [-0.25, -0.2) is 4.39 Å². The van der Waals surface area contributed by atoms with Gasteiger partial charge in [0.25, 0.3) is 5.91 Å². The molecule has 0 saturated carbocycles. The zero-order valence-electron chi connectivity index (χ0n) is 14.5. The lowest BCUT2D eigenvalue weighted by molar-refractivity contribution is -0.121. The smallest absolute Gasteiger partial charge is 0.256 e. The molecular weight excluding hydrogens is 355 g/mol. The molecule has 2 aromatic carbocycles. The number of nitrogens with zero attached hydrogens (tertiary/aromatic N) is 1. The van der Waals surface area contributed by atoms with Crippen molar-refractivity contribution in [3.05, 3.63) is 64.4 Å². The minimum absolute atomic E-state index is 0.0410. The Morgan fingerprint density at radius 2 is 1.96 bits per heavy atom. The van der Waals surface area contributed by atoms with Crippen LogP contribution in [0.5, 0.6) is 0 Å². The van der Waals surface area contributed by atoms with E-state index < -0.39 is 5.82 Å². The van der Waals surface area contributed by atoms with E-state index in [2.05, 4.69) is 5.32 Å². The number of carbonyl (C=O) groups excluding carboxylic acids is 2. The Balaban J connectivity index is 1.70. The molecular formula is C20H20ClFN2O2. The van der Waals surface area contributed by atoms with Gasteiger partial charge < -0.3 is 10.2 Å². The molecule has 0 aliphatic carbocycles. The summed E-state index contributed by atoms with van der Waals surface area (Å²) in [4.78, 5) is 26.8. The average Bonchev–Trinajstić information content (AvgIpc) is 2.65. The SMILES string of the molecule is Cc1c(Cl)cccc1NC(=O)[C@@H]1CCCN(C(=O)c2ccccc2F)C1. The Labute approximate surface area is 157 Å². The van der Waals surface area contributed by atoms with E-state index in [0.717, 1.165) is 5.56 Å². The van der Waals surface area contributed by atoms with Crippen molar-refractivity contribution in [2.75, 3.05) is 18.4 Å². The van der Waals surface area contributed by atoms with Crippen molar-refractivity contribution in [2.45, 2.75) is 19.8 Å². The van der Waals surface area contributed by atoms with Gasteiger partial charge in [0.05, 0.1) is 11.5 Å². The Hall–Kier alpha value is -2.40. The summed E-state index contributed by atoms with van der Waals surface area (Å²) in [6.07, 6.45) is 1.39. The van der Waals surface area contributed by atoms with Crippen LogP contribution in [0.1, 0.15) is 28.8 Å². The molecule has 0 aromatic heterocycles. The maximum absolute atomic E-state index is 13.9. The van der Waals surface area contributed by atoms with Crippen LogP contribution >= 0.6 is 11.6 Å². The largest absolute Gasteiger partial charge is 0.338 e. The zero-order valence-corrected chi connectivity index (χ0v) is 15.2. The summed E-state index contributed by atoms with van der Waals surface area (Å²) in [5, 5.41) is 3.48. The molecule has 6 heteroatoms. The van der Waals surface area contributed by atoms with Crippen molar-refractivity contribution < 1.29 is 14.0 Å². The number of nitrogens with one attached hydrogen (secondary N) is 1. The Morgan fingerprint density at radius 1 is 1.19 bits per heavy atom. The van der Waals surface area contributed by atoms with Crippen LogP contribution in [0, 0.1) is 18.7 Å².